The summed E-state index contributed by atoms with van der Waals surface area (Å²) in [5.41, 5.74) is 7.96. The molecule has 1 aromatic carbocycles. The first kappa shape index (κ1) is 15.4. The number of halogens is 2. The summed E-state index contributed by atoms with van der Waals surface area (Å²) in [5, 5.41) is 5.15. The van der Waals surface area contributed by atoms with Gasteiger partial charge in [-0.25, -0.2) is 4.68 Å². The minimum Gasteiger partial charge on any atom is -0.364 e. The lowest BCUT2D eigenvalue weighted by Gasteiger charge is -2.10. The highest BCUT2D eigenvalue weighted by atomic mass is 35.5. The van der Waals surface area contributed by atoms with Crippen molar-refractivity contribution in [3.05, 3.63) is 64.4 Å². The van der Waals surface area contributed by atoms with E-state index in [1.54, 1.807) is 31.2 Å². The maximum absolute atomic E-state index is 11.5. The van der Waals surface area contributed by atoms with E-state index in [4.69, 9.17) is 28.9 Å². The number of allylic oxidation sites excluding steroid dienone is 2. The molecule has 2 aromatic rings. The summed E-state index contributed by atoms with van der Waals surface area (Å²) in [4.78, 5) is 11.5. The summed E-state index contributed by atoms with van der Waals surface area (Å²) in [6.45, 7) is 9.35. The van der Waals surface area contributed by atoms with Crippen molar-refractivity contribution in [2.24, 2.45) is 5.73 Å². The predicted octanol–water partition coefficient (Wildman–Crippen LogP) is 3.79. The van der Waals surface area contributed by atoms with Gasteiger partial charge in [-0.05, 0) is 30.7 Å². The Labute approximate surface area is 132 Å². The molecule has 0 spiro atoms. The number of hydrogen-bond donors (Lipinski definition) is 1. The molecule has 0 aliphatic rings. The molecule has 0 saturated heterocycles. The zero-order chi connectivity index (χ0) is 15.7. The van der Waals surface area contributed by atoms with Gasteiger partial charge in [0.15, 0.2) is 5.69 Å². The molecule has 0 saturated carbocycles. The maximum atomic E-state index is 11.5. The van der Waals surface area contributed by atoms with E-state index in [-0.39, 0.29) is 5.69 Å². The largest absolute Gasteiger partial charge is 0.364 e. The molecule has 0 aliphatic heterocycles. The first-order valence-corrected chi connectivity index (χ1v) is 6.79. The molecule has 6 heteroatoms. The van der Waals surface area contributed by atoms with Crippen LogP contribution in [-0.2, 0) is 0 Å². The normalized spacial score (nSPS) is 10.4. The van der Waals surface area contributed by atoms with Crippen LogP contribution in [0.2, 0.25) is 10.0 Å². The number of amides is 1. The van der Waals surface area contributed by atoms with Crippen molar-refractivity contribution in [1.82, 2.24) is 9.78 Å². The standard InChI is InChI=1S/C15H13Cl2N3O/c1-4-8(2)14-9(3)13(15(18)21)19-20(14)12-6-5-10(16)7-11(12)17/h4-7H,1-2H2,3H3,(H2,18,21). The van der Waals surface area contributed by atoms with E-state index < -0.39 is 5.91 Å². The fraction of sp³-hybridized carbons (Fsp3) is 0.0667. The highest BCUT2D eigenvalue weighted by Gasteiger charge is 2.21. The van der Waals surface area contributed by atoms with Crippen LogP contribution in [-0.4, -0.2) is 15.7 Å². The Morgan fingerprint density at radius 2 is 2.10 bits per heavy atom. The van der Waals surface area contributed by atoms with Gasteiger partial charge in [0.2, 0.25) is 0 Å². The van der Waals surface area contributed by atoms with Gasteiger partial charge < -0.3 is 5.73 Å². The number of carbonyl (C=O) groups excluding carboxylic acids is 1. The predicted molar refractivity (Wildman–Crippen MR) is 86.1 cm³/mol. The number of primary amides is 1. The molecule has 1 heterocycles. The van der Waals surface area contributed by atoms with Crippen molar-refractivity contribution >= 4 is 34.7 Å². The minimum atomic E-state index is -0.616. The fourth-order valence-electron chi connectivity index (χ4n) is 2.03. The molecule has 0 fully saturated rings. The summed E-state index contributed by atoms with van der Waals surface area (Å²) >= 11 is 12.1. The number of hydrogen-bond acceptors (Lipinski definition) is 2. The highest BCUT2D eigenvalue weighted by Crippen LogP contribution is 2.30. The minimum absolute atomic E-state index is 0.166. The molecule has 0 unspecified atom stereocenters. The van der Waals surface area contributed by atoms with Crippen molar-refractivity contribution in [3.63, 3.8) is 0 Å². The fourth-order valence-corrected chi connectivity index (χ4v) is 2.52. The highest BCUT2D eigenvalue weighted by molar-refractivity contribution is 6.35. The Morgan fingerprint density at radius 1 is 1.43 bits per heavy atom. The Balaban J connectivity index is 2.78. The Kier molecular flexibility index (Phi) is 4.21. The van der Waals surface area contributed by atoms with Crippen LogP contribution in [0.4, 0.5) is 0 Å². The lowest BCUT2D eigenvalue weighted by atomic mass is 10.1. The smallest absolute Gasteiger partial charge is 0.269 e. The number of aromatic nitrogens is 2. The lowest BCUT2D eigenvalue weighted by Crippen LogP contribution is -2.13. The van der Waals surface area contributed by atoms with Gasteiger partial charge in [0.25, 0.3) is 5.91 Å². The van der Waals surface area contributed by atoms with Gasteiger partial charge in [0.05, 0.1) is 16.4 Å². The molecule has 0 aliphatic carbocycles. The molecule has 0 bridgehead atoms. The van der Waals surface area contributed by atoms with Crippen LogP contribution >= 0.6 is 23.2 Å². The third-order valence-electron chi connectivity index (χ3n) is 3.04. The first-order valence-electron chi connectivity index (χ1n) is 6.03. The zero-order valence-electron chi connectivity index (χ0n) is 11.4. The topological polar surface area (TPSA) is 60.9 Å². The van der Waals surface area contributed by atoms with Crippen LogP contribution in [0.25, 0.3) is 11.3 Å². The Hall–Kier alpha value is -2.04. The monoisotopic (exact) mass is 321 g/mol. The van der Waals surface area contributed by atoms with Crippen molar-refractivity contribution in [2.45, 2.75) is 6.92 Å². The number of rotatable bonds is 4. The van der Waals surface area contributed by atoms with Gasteiger partial charge in [0, 0.05) is 10.6 Å². The van der Waals surface area contributed by atoms with E-state index in [0.717, 1.165) is 0 Å². The van der Waals surface area contributed by atoms with Crippen LogP contribution in [0.5, 0.6) is 0 Å². The summed E-state index contributed by atoms with van der Waals surface area (Å²) in [6, 6.07) is 4.99. The summed E-state index contributed by atoms with van der Waals surface area (Å²) in [6.07, 6.45) is 1.58. The van der Waals surface area contributed by atoms with E-state index in [0.29, 0.717) is 32.6 Å². The van der Waals surface area contributed by atoms with Crippen LogP contribution in [0, 0.1) is 6.92 Å². The second-order valence-electron chi connectivity index (χ2n) is 4.42. The Morgan fingerprint density at radius 3 is 2.62 bits per heavy atom. The lowest BCUT2D eigenvalue weighted by molar-refractivity contribution is 0.0994. The van der Waals surface area contributed by atoms with Gasteiger partial charge in [-0.15, -0.1) is 0 Å². The molecule has 0 atom stereocenters. The van der Waals surface area contributed by atoms with E-state index in [9.17, 15) is 4.79 Å². The third-order valence-corrected chi connectivity index (χ3v) is 3.58. The Bertz CT molecular complexity index is 763. The summed E-state index contributed by atoms with van der Waals surface area (Å²) in [7, 11) is 0. The van der Waals surface area contributed by atoms with Crippen molar-refractivity contribution < 1.29 is 4.79 Å². The molecule has 2 rings (SSSR count). The summed E-state index contributed by atoms with van der Waals surface area (Å²) in [5.74, 6) is -0.616. The average Bonchev–Trinajstić information content (AvgIpc) is 2.75. The number of nitrogens with two attached hydrogens (primary N) is 1. The van der Waals surface area contributed by atoms with E-state index in [1.807, 2.05) is 0 Å². The molecule has 1 amide bonds. The molecule has 21 heavy (non-hydrogen) atoms. The molecule has 1 aromatic heterocycles. The summed E-state index contributed by atoms with van der Waals surface area (Å²) < 4.78 is 1.53. The number of nitrogens with zero attached hydrogens (tertiary/aromatic N) is 2. The van der Waals surface area contributed by atoms with Gasteiger partial charge in [-0.2, -0.15) is 5.10 Å². The molecule has 2 N–H and O–H groups in total. The first-order chi connectivity index (χ1) is 9.86. The number of carbonyl (C=O) groups is 1. The van der Waals surface area contributed by atoms with E-state index >= 15 is 0 Å². The van der Waals surface area contributed by atoms with Crippen molar-refractivity contribution in [3.8, 4) is 5.69 Å². The molecular formula is C15H13Cl2N3O. The molecular weight excluding hydrogens is 309 g/mol. The van der Waals surface area contributed by atoms with Crippen LogP contribution in [0.3, 0.4) is 0 Å². The van der Waals surface area contributed by atoms with Crippen LogP contribution < -0.4 is 5.73 Å². The van der Waals surface area contributed by atoms with Crippen LogP contribution in [0.1, 0.15) is 21.7 Å². The van der Waals surface area contributed by atoms with Gasteiger partial charge >= 0.3 is 0 Å². The SMILES string of the molecule is C=CC(=C)c1c(C)c(C(N)=O)nn1-c1ccc(Cl)cc1Cl. The third kappa shape index (κ3) is 2.73. The second-order valence-corrected chi connectivity index (χ2v) is 5.27. The van der Waals surface area contributed by atoms with E-state index in [2.05, 4.69) is 18.3 Å². The second kappa shape index (κ2) is 5.76. The van der Waals surface area contributed by atoms with Gasteiger partial charge in [0.1, 0.15) is 0 Å². The average molecular weight is 322 g/mol. The van der Waals surface area contributed by atoms with Gasteiger partial charge in [-0.1, -0.05) is 42.4 Å². The maximum Gasteiger partial charge on any atom is 0.269 e. The van der Waals surface area contributed by atoms with Crippen LogP contribution in [0.15, 0.2) is 37.4 Å². The zero-order valence-corrected chi connectivity index (χ0v) is 12.9. The van der Waals surface area contributed by atoms with Crippen molar-refractivity contribution in [2.75, 3.05) is 0 Å². The number of benzene rings is 1. The quantitative estimate of drug-likeness (QED) is 0.871. The van der Waals surface area contributed by atoms with Crippen molar-refractivity contribution in [1.29, 1.82) is 0 Å². The molecule has 0 radical (unpaired) electrons. The van der Waals surface area contributed by atoms with E-state index in [1.165, 1.54) is 4.68 Å². The molecule has 4 nitrogen and oxygen atoms in total. The molecule has 108 valence electrons. The van der Waals surface area contributed by atoms with Gasteiger partial charge in [-0.3, -0.25) is 4.79 Å².